The Hall–Kier alpha value is -4.26. The van der Waals surface area contributed by atoms with E-state index in [-0.39, 0.29) is 5.91 Å². The molecule has 7 nitrogen and oxygen atoms in total. The van der Waals surface area contributed by atoms with Gasteiger partial charge in [-0.15, -0.1) is 0 Å². The summed E-state index contributed by atoms with van der Waals surface area (Å²) in [5, 5.41) is 9.32. The van der Waals surface area contributed by atoms with Gasteiger partial charge in [0.25, 0.3) is 0 Å². The van der Waals surface area contributed by atoms with Gasteiger partial charge >= 0.3 is 0 Å². The van der Waals surface area contributed by atoms with Crippen LogP contribution in [0.15, 0.2) is 85.3 Å². The van der Waals surface area contributed by atoms with E-state index in [0.717, 1.165) is 17.8 Å². The van der Waals surface area contributed by atoms with Crippen molar-refractivity contribution in [3.05, 3.63) is 96.4 Å². The Bertz CT molecular complexity index is 1180. The van der Waals surface area contributed by atoms with E-state index in [1.54, 1.807) is 12.3 Å². The van der Waals surface area contributed by atoms with Crippen molar-refractivity contribution in [3.8, 4) is 0 Å². The van der Waals surface area contributed by atoms with E-state index in [2.05, 4.69) is 50.0 Å². The van der Waals surface area contributed by atoms with Crippen LogP contribution in [0.5, 0.6) is 0 Å². The fraction of sp³-hybridized carbons (Fsp3) is 0.120. The molecule has 0 saturated carbocycles. The minimum absolute atomic E-state index is 0.00625. The molecule has 0 fully saturated rings. The quantitative estimate of drug-likeness (QED) is 0.358. The summed E-state index contributed by atoms with van der Waals surface area (Å²) in [6.07, 6.45) is 4.36. The first kappa shape index (κ1) is 21.0. The number of aryl methyl sites for hydroxylation is 2. The summed E-state index contributed by atoms with van der Waals surface area (Å²) in [6.45, 7) is 2.05. The molecule has 4 rings (SSSR count). The van der Waals surface area contributed by atoms with E-state index >= 15 is 0 Å². The Morgan fingerprint density at radius 3 is 2.31 bits per heavy atom. The van der Waals surface area contributed by atoms with Crippen molar-refractivity contribution in [2.24, 2.45) is 0 Å². The van der Waals surface area contributed by atoms with E-state index in [1.165, 1.54) is 17.5 Å². The monoisotopic (exact) mass is 424 g/mol. The maximum atomic E-state index is 12.3. The van der Waals surface area contributed by atoms with Gasteiger partial charge < -0.3 is 16.0 Å². The number of hydrogen-bond donors (Lipinski definition) is 3. The lowest BCUT2D eigenvalue weighted by molar-refractivity contribution is -0.116. The predicted molar refractivity (Wildman–Crippen MR) is 127 cm³/mol. The standard InChI is InChI=1S/C25H24N6O/c1-18-5-4-6-19(15-18)8-13-25(32)30-21-11-9-20(10-12-21)29-23-16-24(28-17-27-23)31-22-7-2-3-14-26-22/h2-7,9-12,14-17H,8,13H2,1H3,(H,30,32)(H2,26,27,28,29,31). The van der Waals surface area contributed by atoms with Gasteiger partial charge in [0, 0.05) is 30.1 Å². The minimum Gasteiger partial charge on any atom is -0.340 e. The molecule has 4 aromatic rings. The molecule has 2 heterocycles. The Morgan fingerprint density at radius 1 is 0.781 bits per heavy atom. The fourth-order valence-electron chi connectivity index (χ4n) is 3.20. The molecule has 32 heavy (non-hydrogen) atoms. The zero-order valence-corrected chi connectivity index (χ0v) is 17.7. The molecule has 0 aliphatic heterocycles. The average Bonchev–Trinajstić information content (AvgIpc) is 2.80. The highest BCUT2D eigenvalue weighted by atomic mass is 16.1. The van der Waals surface area contributed by atoms with Gasteiger partial charge in [0.05, 0.1) is 0 Å². The predicted octanol–water partition coefficient (Wildman–Crippen LogP) is 5.24. The first-order chi connectivity index (χ1) is 15.6. The number of amides is 1. The summed E-state index contributed by atoms with van der Waals surface area (Å²) in [7, 11) is 0. The normalized spacial score (nSPS) is 10.4. The van der Waals surface area contributed by atoms with Gasteiger partial charge in [0.15, 0.2) is 0 Å². The van der Waals surface area contributed by atoms with Crippen LogP contribution in [0.3, 0.4) is 0 Å². The lowest BCUT2D eigenvalue weighted by Crippen LogP contribution is -2.12. The molecule has 0 unspecified atom stereocenters. The van der Waals surface area contributed by atoms with Gasteiger partial charge in [-0.2, -0.15) is 0 Å². The molecule has 7 heteroatoms. The van der Waals surface area contributed by atoms with Crippen LogP contribution < -0.4 is 16.0 Å². The highest BCUT2D eigenvalue weighted by Crippen LogP contribution is 2.20. The largest absolute Gasteiger partial charge is 0.340 e. The molecule has 0 spiro atoms. The van der Waals surface area contributed by atoms with Gasteiger partial charge in [0.2, 0.25) is 5.91 Å². The zero-order chi connectivity index (χ0) is 22.2. The van der Waals surface area contributed by atoms with Crippen molar-refractivity contribution >= 4 is 34.7 Å². The minimum atomic E-state index is -0.00625. The molecule has 0 radical (unpaired) electrons. The molecule has 2 aromatic carbocycles. The second-order valence-corrected chi connectivity index (χ2v) is 7.37. The van der Waals surface area contributed by atoms with Crippen LogP contribution in [0.1, 0.15) is 17.5 Å². The second-order valence-electron chi connectivity index (χ2n) is 7.37. The van der Waals surface area contributed by atoms with Gasteiger partial charge in [-0.25, -0.2) is 15.0 Å². The van der Waals surface area contributed by atoms with Crippen molar-refractivity contribution in [2.45, 2.75) is 19.8 Å². The molecule has 0 bridgehead atoms. The lowest BCUT2D eigenvalue weighted by atomic mass is 10.1. The van der Waals surface area contributed by atoms with Crippen LogP contribution in [0.4, 0.5) is 28.8 Å². The third-order valence-electron chi connectivity index (χ3n) is 4.75. The number of anilines is 5. The summed E-state index contributed by atoms with van der Waals surface area (Å²) in [6, 6.07) is 23.2. The highest BCUT2D eigenvalue weighted by molar-refractivity contribution is 5.91. The maximum absolute atomic E-state index is 12.3. The molecular weight excluding hydrogens is 400 g/mol. The number of hydrogen-bond acceptors (Lipinski definition) is 6. The molecule has 0 atom stereocenters. The van der Waals surface area contributed by atoms with Crippen LogP contribution >= 0.6 is 0 Å². The second kappa shape index (κ2) is 10.2. The van der Waals surface area contributed by atoms with Crippen LogP contribution in [-0.4, -0.2) is 20.9 Å². The number of carbonyl (C=O) groups excluding carboxylic acids is 1. The number of nitrogens with one attached hydrogen (secondary N) is 3. The molecule has 0 aliphatic carbocycles. The van der Waals surface area contributed by atoms with Gasteiger partial charge in [-0.05, 0) is 55.3 Å². The van der Waals surface area contributed by atoms with E-state index in [1.807, 2.05) is 54.6 Å². The number of aromatic nitrogens is 3. The first-order valence-corrected chi connectivity index (χ1v) is 10.4. The van der Waals surface area contributed by atoms with Crippen LogP contribution in [-0.2, 0) is 11.2 Å². The van der Waals surface area contributed by atoms with E-state index in [4.69, 9.17) is 0 Å². The molecular formula is C25H24N6O. The molecule has 2 aromatic heterocycles. The van der Waals surface area contributed by atoms with Gasteiger partial charge in [0.1, 0.15) is 23.8 Å². The summed E-state index contributed by atoms with van der Waals surface area (Å²) in [5.41, 5.74) is 3.98. The van der Waals surface area contributed by atoms with Crippen molar-refractivity contribution < 1.29 is 4.79 Å². The highest BCUT2D eigenvalue weighted by Gasteiger charge is 2.05. The number of rotatable bonds is 8. The summed E-state index contributed by atoms with van der Waals surface area (Å²) >= 11 is 0. The number of carbonyl (C=O) groups is 1. The summed E-state index contributed by atoms with van der Waals surface area (Å²) in [4.78, 5) is 25.0. The van der Waals surface area contributed by atoms with Crippen molar-refractivity contribution in [2.75, 3.05) is 16.0 Å². The Labute approximate surface area is 187 Å². The summed E-state index contributed by atoms with van der Waals surface area (Å²) < 4.78 is 0. The molecule has 160 valence electrons. The summed E-state index contributed by atoms with van der Waals surface area (Å²) in [5.74, 6) is 1.99. The topological polar surface area (TPSA) is 91.8 Å². The van der Waals surface area contributed by atoms with Crippen LogP contribution in [0, 0.1) is 6.92 Å². The fourth-order valence-corrected chi connectivity index (χ4v) is 3.20. The Balaban J connectivity index is 1.31. The molecule has 0 aliphatic rings. The van der Waals surface area contributed by atoms with E-state index in [0.29, 0.717) is 23.9 Å². The molecule has 0 saturated heterocycles. The number of benzene rings is 2. The van der Waals surface area contributed by atoms with Crippen molar-refractivity contribution in [3.63, 3.8) is 0 Å². The number of nitrogens with zero attached hydrogens (tertiary/aromatic N) is 3. The Morgan fingerprint density at radius 2 is 1.56 bits per heavy atom. The lowest BCUT2D eigenvalue weighted by Gasteiger charge is -2.10. The van der Waals surface area contributed by atoms with Crippen molar-refractivity contribution in [1.29, 1.82) is 0 Å². The molecule has 1 amide bonds. The maximum Gasteiger partial charge on any atom is 0.224 e. The van der Waals surface area contributed by atoms with Crippen LogP contribution in [0.2, 0.25) is 0 Å². The first-order valence-electron chi connectivity index (χ1n) is 10.4. The number of pyridine rings is 1. The van der Waals surface area contributed by atoms with Gasteiger partial charge in [-0.3, -0.25) is 4.79 Å². The van der Waals surface area contributed by atoms with E-state index < -0.39 is 0 Å². The third-order valence-corrected chi connectivity index (χ3v) is 4.75. The SMILES string of the molecule is Cc1cccc(CCC(=O)Nc2ccc(Nc3cc(Nc4ccccn4)ncn3)cc2)c1. The smallest absolute Gasteiger partial charge is 0.224 e. The molecule has 3 N–H and O–H groups in total. The van der Waals surface area contributed by atoms with Gasteiger partial charge in [-0.1, -0.05) is 35.9 Å². The van der Waals surface area contributed by atoms with Crippen molar-refractivity contribution in [1.82, 2.24) is 15.0 Å². The van der Waals surface area contributed by atoms with Crippen LogP contribution in [0.25, 0.3) is 0 Å². The average molecular weight is 425 g/mol. The zero-order valence-electron chi connectivity index (χ0n) is 17.7. The van der Waals surface area contributed by atoms with E-state index in [9.17, 15) is 4.79 Å². The Kier molecular flexibility index (Phi) is 6.67. The third kappa shape index (κ3) is 6.12.